The van der Waals surface area contributed by atoms with Crippen LogP contribution in [0.25, 0.3) is 0 Å². The highest BCUT2D eigenvalue weighted by Gasteiger charge is 2.23. The van der Waals surface area contributed by atoms with Crippen molar-refractivity contribution in [1.29, 1.82) is 0 Å². The lowest BCUT2D eigenvalue weighted by Gasteiger charge is -2.35. The molecule has 0 radical (unpaired) electrons. The Bertz CT molecular complexity index is 626. The largest absolute Gasteiger partial charge is 0.478 e. The molecule has 0 bridgehead atoms. The lowest BCUT2D eigenvalue weighted by molar-refractivity contribution is -0.0721. The number of aliphatic imine (C=N–C) groups is 1. The van der Waals surface area contributed by atoms with Crippen LogP contribution in [0, 0.1) is 0 Å². The summed E-state index contributed by atoms with van der Waals surface area (Å²) in [5, 5.41) is 3.43. The van der Waals surface area contributed by atoms with Gasteiger partial charge < -0.3 is 24.4 Å². The van der Waals surface area contributed by atoms with Gasteiger partial charge in [-0.25, -0.2) is 9.98 Å². The van der Waals surface area contributed by atoms with Crippen molar-refractivity contribution in [1.82, 2.24) is 15.2 Å². The number of hydrogen-bond donors (Lipinski definition) is 1. The number of rotatable bonds is 8. The van der Waals surface area contributed by atoms with Crippen molar-refractivity contribution in [2.75, 3.05) is 39.5 Å². The topological polar surface area (TPSA) is 68.2 Å². The van der Waals surface area contributed by atoms with Gasteiger partial charge in [0.2, 0.25) is 5.88 Å². The van der Waals surface area contributed by atoms with Crippen LogP contribution >= 0.6 is 0 Å². The Morgan fingerprint density at radius 3 is 2.86 bits per heavy atom. The Balaban J connectivity index is 1.48. The lowest BCUT2D eigenvalue weighted by atomic mass is 10.1. The highest BCUT2D eigenvalue weighted by atomic mass is 16.5. The fourth-order valence-electron chi connectivity index (χ4n) is 3.78. The van der Waals surface area contributed by atoms with E-state index in [-0.39, 0.29) is 0 Å². The van der Waals surface area contributed by atoms with E-state index in [1.54, 1.807) is 6.20 Å². The molecule has 1 atom stereocenters. The second kappa shape index (κ2) is 12.0. The third-order valence-electron chi connectivity index (χ3n) is 5.37. The molecule has 7 heteroatoms. The third-order valence-corrected chi connectivity index (χ3v) is 5.37. The molecule has 7 nitrogen and oxygen atoms in total. The first kappa shape index (κ1) is 21.8. The average Bonchev–Trinajstić information content (AvgIpc) is 2.77. The Kier molecular flexibility index (Phi) is 9.02. The second-order valence-electron chi connectivity index (χ2n) is 7.61. The molecule has 1 unspecified atom stereocenters. The second-order valence-corrected chi connectivity index (χ2v) is 7.61. The van der Waals surface area contributed by atoms with Gasteiger partial charge in [-0.05, 0) is 57.6 Å². The number of ether oxygens (including phenoxy) is 3. The standard InChI is InChI=1S/C22H36N4O3/c1-3-23-22(25-16-18-8-11-24-21(15-18)27-4-2)26-12-9-19(10-13-26)29-17-20-7-5-6-14-28-20/h8,11,15,19-20H,3-7,9-10,12-14,16-17H2,1-2H3,(H,23,25). The maximum Gasteiger partial charge on any atom is 0.213 e. The monoisotopic (exact) mass is 404 g/mol. The van der Waals surface area contributed by atoms with Gasteiger partial charge >= 0.3 is 0 Å². The summed E-state index contributed by atoms with van der Waals surface area (Å²) in [6, 6.07) is 3.95. The molecule has 2 fully saturated rings. The number of pyridine rings is 1. The SMILES string of the molecule is CCNC(=NCc1ccnc(OCC)c1)N1CCC(OCC2CCCCO2)CC1. The zero-order valence-corrected chi connectivity index (χ0v) is 17.9. The summed E-state index contributed by atoms with van der Waals surface area (Å²) < 4.78 is 17.4. The van der Waals surface area contributed by atoms with E-state index < -0.39 is 0 Å². The molecule has 0 saturated carbocycles. The molecule has 0 aliphatic carbocycles. The van der Waals surface area contributed by atoms with Gasteiger partial charge in [0.05, 0.1) is 32.0 Å². The van der Waals surface area contributed by atoms with Crippen molar-refractivity contribution >= 4 is 5.96 Å². The molecule has 3 rings (SSSR count). The summed E-state index contributed by atoms with van der Waals surface area (Å²) in [5.74, 6) is 1.63. The number of nitrogens with zero attached hydrogens (tertiary/aromatic N) is 3. The van der Waals surface area contributed by atoms with Gasteiger partial charge in [0.1, 0.15) is 0 Å². The van der Waals surface area contributed by atoms with E-state index in [4.69, 9.17) is 19.2 Å². The van der Waals surface area contributed by atoms with Crippen LogP contribution in [-0.2, 0) is 16.0 Å². The Hall–Kier alpha value is -1.86. The highest BCUT2D eigenvalue weighted by molar-refractivity contribution is 5.80. The number of piperidine rings is 1. The number of hydrogen-bond acceptors (Lipinski definition) is 5. The number of likely N-dealkylation sites (tertiary alicyclic amines) is 1. The normalized spacial score (nSPS) is 21.2. The molecule has 2 aliphatic rings. The van der Waals surface area contributed by atoms with E-state index in [0.29, 0.717) is 31.2 Å². The summed E-state index contributed by atoms with van der Waals surface area (Å²) in [6.45, 7) is 9.70. The van der Waals surface area contributed by atoms with Crippen molar-refractivity contribution < 1.29 is 14.2 Å². The highest BCUT2D eigenvalue weighted by Crippen LogP contribution is 2.18. The molecule has 0 spiro atoms. The van der Waals surface area contributed by atoms with E-state index >= 15 is 0 Å². The Labute approximate surface area is 174 Å². The first-order valence-electron chi connectivity index (χ1n) is 11.1. The van der Waals surface area contributed by atoms with Gasteiger partial charge in [0, 0.05) is 38.5 Å². The molecule has 3 heterocycles. The summed E-state index contributed by atoms with van der Waals surface area (Å²) in [5.41, 5.74) is 1.10. The van der Waals surface area contributed by atoms with Crippen LogP contribution in [0.5, 0.6) is 5.88 Å². The van der Waals surface area contributed by atoms with Crippen LogP contribution in [0.3, 0.4) is 0 Å². The van der Waals surface area contributed by atoms with Crippen LogP contribution in [-0.4, -0.2) is 67.5 Å². The molecule has 0 aromatic carbocycles. The van der Waals surface area contributed by atoms with E-state index in [2.05, 4.69) is 22.1 Å². The molecule has 1 N–H and O–H groups in total. The molecule has 0 amide bonds. The predicted molar refractivity (Wildman–Crippen MR) is 114 cm³/mol. The Morgan fingerprint density at radius 1 is 1.28 bits per heavy atom. The first-order valence-corrected chi connectivity index (χ1v) is 11.1. The van der Waals surface area contributed by atoms with Crippen LogP contribution in [0.2, 0.25) is 0 Å². The van der Waals surface area contributed by atoms with Gasteiger partial charge in [0.25, 0.3) is 0 Å². The first-order chi connectivity index (χ1) is 14.3. The van der Waals surface area contributed by atoms with E-state index in [0.717, 1.165) is 63.6 Å². The molecular weight excluding hydrogens is 368 g/mol. The van der Waals surface area contributed by atoms with Crippen LogP contribution in [0.4, 0.5) is 0 Å². The van der Waals surface area contributed by atoms with Gasteiger partial charge in [-0.2, -0.15) is 0 Å². The van der Waals surface area contributed by atoms with Crippen molar-refractivity contribution in [3.05, 3.63) is 23.9 Å². The zero-order chi connectivity index (χ0) is 20.3. The minimum Gasteiger partial charge on any atom is -0.478 e. The van der Waals surface area contributed by atoms with Crippen molar-refractivity contribution in [3.63, 3.8) is 0 Å². The third kappa shape index (κ3) is 7.16. The molecular formula is C22H36N4O3. The van der Waals surface area contributed by atoms with Crippen LogP contribution in [0.15, 0.2) is 23.3 Å². The average molecular weight is 405 g/mol. The summed E-state index contributed by atoms with van der Waals surface area (Å²) in [4.78, 5) is 11.4. The van der Waals surface area contributed by atoms with Gasteiger partial charge in [-0.3, -0.25) is 0 Å². The molecule has 2 saturated heterocycles. The molecule has 1 aromatic heterocycles. The maximum atomic E-state index is 6.14. The van der Waals surface area contributed by atoms with E-state index in [1.807, 2.05) is 19.1 Å². The number of aromatic nitrogens is 1. The number of guanidine groups is 1. The summed E-state index contributed by atoms with van der Waals surface area (Å²) in [6.07, 6.45) is 8.04. The quantitative estimate of drug-likeness (QED) is 0.531. The maximum absolute atomic E-state index is 6.14. The fraction of sp³-hybridized carbons (Fsp3) is 0.727. The van der Waals surface area contributed by atoms with E-state index in [1.165, 1.54) is 12.8 Å². The molecule has 29 heavy (non-hydrogen) atoms. The predicted octanol–water partition coefficient (Wildman–Crippen LogP) is 3.00. The lowest BCUT2D eigenvalue weighted by Crippen LogP contribution is -2.47. The summed E-state index contributed by atoms with van der Waals surface area (Å²) >= 11 is 0. The van der Waals surface area contributed by atoms with E-state index in [9.17, 15) is 0 Å². The molecule has 162 valence electrons. The molecule has 2 aliphatic heterocycles. The van der Waals surface area contributed by atoms with Crippen molar-refractivity contribution in [3.8, 4) is 5.88 Å². The van der Waals surface area contributed by atoms with Gasteiger partial charge in [0.15, 0.2) is 5.96 Å². The number of nitrogens with one attached hydrogen (secondary N) is 1. The fourth-order valence-corrected chi connectivity index (χ4v) is 3.78. The summed E-state index contributed by atoms with van der Waals surface area (Å²) in [7, 11) is 0. The Morgan fingerprint density at radius 2 is 2.14 bits per heavy atom. The van der Waals surface area contributed by atoms with Crippen LogP contribution < -0.4 is 10.1 Å². The van der Waals surface area contributed by atoms with Crippen molar-refractivity contribution in [2.45, 2.75) is 64.7 Å². The minimum atomic E-state index is 0.294. The zero-order valence-electron chi connectivity index (χ0n) is 17.9. The van der Waals surface area contributed by atoms with Gasteiger partial charge in [-0.15, -0.1) is 0 Å². The van der Waals surface area contributed by atoms with Gasteiger partial charge in [-0.1, -0.05) is 0 Å². The van der Waals surface area contributed by atoms with Crippen molar-refractivity contribution in [2.24, 2.45) is 4.99 Å². The molecule has 1 aromatic rings. The smallest absolute Gasteiger partial charge is 0.213 e. The minimum absolute atomic E-state index is 0.294. The van der Waals surface area contributed by atoms with Crippen LogP contribution in [0.1, 0.15) is 51.5 Å².